The zero-order chi connectivity index (χ0) is 19.9. The van der Waals surface area contributed by atoms with E-state index in [-0.39, 0.29) is 11.1 Å². The summed E-state index contributed by atoms with van der Waals surface area (Å²) in [6.07, 6.45) is 5.36. The highest BCUT2D eigenvalue weighted by Crippen LogP contribution is 2.20. The SMILES string of the molecule is CN(Cc1cnn(-c2ccccc2)c1)c1nc2c(cnn2C(C)(C)C)c(=O)[nH]1. The number of aromatic nitrogens is 6. The van der Waals surface area contributed by atoms with E-state index in [1.54, 1.807) is 10.9 Å². The molecular weight excluding hydrogens is 354 g/mol. The molecule has 0 aliphatic heterocycles. The Morgan fingerprint density at radius 2 is 1.86 bits per heavy atom. The fourth-order valence-corrected chi connectivity index (χ4v) is 3.09. The van der Waals surface area contributed by atoms with Crippen LogP contribution in [0, 0.1) is 0 Å². The van der Waals surface area contributed by atoms with Gasteiger partial charge >= 0.3 is 0 Å². The van der Waals surface area contributed by atoms with Crippen LogP contribution in [0.5, 0.6) is 0 Å². The summed E-state index contributed by atoms with van der Waals surface area (Å²) >= 11 is 0. The van der Waals surface area contributed by atoms with Crippen LogP contribution < -0.4 is 10.5 Å². The van der Waals surface area contributed by atoms with Gasteiger partial charge in [0.1, 0.15) is 5.39 Å². The number of aromatic amines is 1. The summed E-state index contributed by atoms with van der Waals surface area (Å²) in [6, 6.07) is 9.93. The monoisotopic (exact) mass is 377 g/mol. The topological polar surface area (TPSA) is 84.6 Å². The van der Waals surface area contributed by atoms with E-state index in [9.17, 15) is 4.79 Å². The van der Waals surface area contributed by atoms with Gasteiger partial charge in [-0.25, -0.2) is 9.36 Å². The largest absolute Gasteiger partial charge is 0.341 e. The van der Waals surface area contributed by atoms with Crippen LogP contribution in [0.4, 0.5) is 5.95 Å². The Morgan fingerprint density at radius 1 is 1.11 bits per heavy atom. The third-order valence-electron chi connectivity index (χ3n) is 4.50. The molecule has 0 amide bonds. The van der Waals surface area contributed by atoms with E-state index < -0.39 is 0 Å². The quantitative estimate of drug-likeness (QED) is 0.591. The molecule has 0 radical (unpaired) electrons. The van der Waals surface area contributed by atoms with Crippen molar-refractivity contribution in [1.82, 2.24) is 29.5 Å². The van der Waals surface area contributed by atoms with E-state index in [1.807, 2.05) is 80.1 Å². The van der Waals surface area contributed by atoms with E-state index in [0.717, 1.165) is 11.3 Å². The molecule has 0 aliphatic carbocycles. The van der Waals surface area contributed by atoms with Gasteiger partial charge in [0.15, 0.2) is 5.65 Å². The van der Waals surface area contributed by atoms with Gasteiger partial charge < -0.3 is 4.90 Å². The molecule has 1 aromatic carbocycles. The predicted octanol–water partition coefficient (Wildman–Crippen LogP) is 2.70. The van der Waals surface area contributed by atoms with Crippen molar-refractivity contribution < 1.29 is 0 Å². The van der Waals surface area contributed by atoms with Crippen LogP contribution >= 0.6 is 0 Å². The highest BCUT2D eigenvalue weighted by molar-refractivity contribution is 5.74. The molecule has 0 fully saturated rings. The Hall–Kier alpha value is -3.42. The summed E-state index contributed by atoms with van der Waals surface area (Å²) in [6.45, 7) is 6.65. The van der Waals surface area contributed by atoms with Gasteiger partial charge in [-0.15, -0.1) is 0 Å². The number of rotatable bonds is 4. The van der Waals surface area contributed by atoms with E-state index in [4.69, 9.17) is 0 Å². The Morgan fingerprint density at radius 3 is 2.57 bits per heavy atom. The van der Waals surface area contributed by atoms with Crippen LogP contribution in [0.3, 0.4) is 0 Å². The number of hydrogen-bond acceptors (Lipinski definition) is 5. The summed E-state index contributed by atoms with van der Waals surface area (Å²) in [5.41, 5.74) is 2.13. The van der Waals surface area contributed by atoms with Crippen LogP contribution in [-0.4, -0.2) is 36.6 Å². The molecule has 4 aromatic rings. The highest BCUT2D eigenvalue weighted by atomic mass is 16.1. The molecule has 0 saturated carbocycles. The standard InChI is InChI=1S/C20H23N7O/c1-20(2,3)27-17-16(11-22-27)18(28)24-19(23-17)25(4)12-14-10-21-26(13-14)15-8-6-5-7-9-15/h5-11,13H,12H2,1-4H3,(H,23,24,28). The maximum absolute atomic E-state index is 12.5. The zero-order valence-corrected chi connectivity index (χ0v) is 16.4. The fraction of sp³-hybridized carbons (Fsp3) is 0.300. The van der Waals surface area contributed by atoms with Gasteiger partial charge in [-0.3, -0.25) is 9.78 Å². The number of H-pyrrole nitrogens is 1. The van der Waals surface area contributed by atoms with Crippen molar-refractivity contribution in [3.63, 3.8) is 0 Å². The molecular formula is C20H23N7O. The van der Waals surface area contributed by atoms with Crippen LogP contribution in [0.2, 0.25) is 0 Å². The van der Waals surface area contributed by atoms with Crippen LogP contribution in [0.1, 0.15) is 26.3 Å². The molecule has 3 aromatic heterocycles. The second-order valence-electron chi connectivity index (χ2n) is 7.84. The van der Waals surface area contributed by atoms with Crippen molar-refractivity contribution in [1.29, 1.82) is 0 Å². The smallest absolute Gasteiger partial charge is 0.263 e. The van der Waals surface area contributed by atoms with Crippen molar-refractivity contribution in [2.75, 3.05) is 11.9 Å². The molecule has 0 unspecified atom stereocenters. The first kappa shape index (κ1) is 18.0. The molecule has 3 heterocycles. The van der Waals surface area contributed by atoms with E-state index >= 15 is 0 Å². The lowest BCUT2D eigenvalue weighted by Crippen LogP contribution is -2.26. The predicted molar refractivity (Wildman–Crippen MR) is 109 cm³/mol. The van der Waals surface area contributed by atoms with E-state index in [0.29, 0.717) is 23.5 Å². The molecule has 1 N–H and O–H groups in total. The minimum Gasteiger partial charge on any atom is -0.341 e. The second-order valence-corrected chi connectivity index (χ2v) is 7.84. The van der Waals surface area contributed by atoms with Crippen LogP contribution in [-0.2, 0) is 12.1 Å². The molecule has 0 saturated heterocycles. The molecule has 4 rings (SSSR count). The number of hydrogen-bond donors (Lipinski definition) is 1. The van der Waals surface area contributed by atoms with Crippen molar-refractivity contribution >= 4 is 17.0 Å². The van der Waals surface area contributed by atoms with Crippen LogP contribution in [0.15, 0.2) is 53.7 Å². The third-order valence-corrected chi connectivity index (χ3v) is 4.50. The summed E-state index contributed by atoms with van der Waals surface area (Å²) in [5, 5.41) is 9.26. The number of nitrogens with one attached hydrogen (secondary N) is 1. The lowest BCUT2D eigenvalue weighted by molar-refractivity contribution is 0.366. The number of benzene rings is 1. The number of anilines is 1. The lowest BCUT2D eigenvalue weighted by atomic mass is 10.1. The summed E-state index contributed by atoms with van der Waals surface area (Å²) in [4.78, 5) is 21.9. The first-order valence-electron chi connectivity index (χ1n) is 9.11. The Bertz CT molecular complexity index is 1160. The Labute approximate surface area is 162 Å². The van der Waals surface area contributed by atoms with Gasteiger partial charge in [0.2, 0.25) is 5.95 Å². The third kappa shape index (κ3) is 3.28. The first-order valence-corrected chi connectivity index (χ1v) is 9.11. The fourth-order valence-electron chi connectivity index (χ4n) is 3.09. The first-order chi connectivity index (χ1) is 13.3. The maximum Gasteiger partial charge on any atom is 0.263 e. The van der Waals surface area contributed by atoms with Gasteiger partial charge in [0.05, 0.1) is 23.6 Å². The number of fused-ring (bicyclic) bond motifs is 1. The molecule has 0 aliphatic rings. The maximum atomic E-state index is 12.5. The summed E-state index contributed by atoms with van der Waals surface area (Å²) in [7, 11) is 1.89. The van der Waals surface area contributed by atoms with Crippen LogP contribution in [0.25, 0.3) is 16.7 Å². The van der Waals surface area contributed by atoms with Crippen molar-refractivity contribution in [3.8, 4) is 5.69 Å². The van der Waals surface area contributed by atoms with Gasteiger partial charge in [-0.2, -0.15) is 15.2 Å². The van der Waals surface area contributed by atoms with Gasteiger partial charge in [0, 0.05) is 25.4 Å². The molecule has 0 spiro atoms. The molecule has 144 valence electrons. The highest BCUT2D eigenvalue weighted by Gasteiger charge is 2.20. The van der Waals surface area contributed by atoms with Crippen molar-refractivity contribution in [2.24, 2.45) is 0 Å². The van der Waals surface area contributed by atoms with Crippen molar-refractivity contribution in [2.45, 2.75) is 32.9 Å². The zero-order valence-electron chi connectivity index (χ0n) is 16.4. The van der Waals surface area contributed by atoms with Gasteiger partial charge in [-0.1, -0.05) is 18.2 Å². The van der Waals surface area contributed by atoms with Gasteiger partial charge in [-0.05, 0) is 32.9 Å². The van der Waals surface area contributed by atoms with Crippen molar-refractivity contribution in [3.05, 3.63) is 64.8 Å². The second kappa shape index (κ2) is 6.63. The molecule has 8 nitrogen and oxygen atoms in total. The summed E-state index contributed by atoms with van der Waals surface area (Å²) in [5.74, 6) is 0.496. The van der Waals surface area contributed by atoms with E-state index in [1.165, 1.54) is 0 Å². The normalized spacial score (nSPS) is 11.9. The molecule has 0 atom stereocenters. The van der Waals surface area contributed by atoms with Gasteiger partial charge in [0.25, 0.3) is 5.56 Å². The Balaban J connectivity index is 1.63. The molecule has 8 heteroatoms. The Kier molecular flexibility index (Phi) is 4.26. The number of para-hydroxylation sites is 1. The average molecular weight is 377 g/mol. The minimum atomic E-state index is -0.269. The lowest BCUT2D eigenvalue weighted by Gasteiger charge is -2.21. The summed E-state index contributed by atoms with van der Waals surface area (Å²) < 4.78 is 3.61. The molecule has 28 heavy (non-hydrogen) atoms. The number of nitrogens with zero attached hydrogens (tertiary/aromatic N) is 6. The average Bonchev–Trinajstić information content (AvgIpc) is 3.29. The molecule has 0 bridgehead atoms. The van der Waals surface area contributed by atoms with E-state index in [2.05, 4.69) is 20.2 Å². The minimum absolute atomic E-state index is 0.192.